The molecule has 0 aromatic heterocycles. The standard InChI is InChI=1S/C70H108N2O8S2/c1-3-5-7-9-11-13-15-17-19-21-23-25-27-29-31-33-67(73)79-65-39-35-63(36-40-65)59-69(75)77-55-47-61-43-49-71(50-44-61)53-57-81-82-58-54-72-51-45-62(46-52-72)48-56-78-70(76)60-64-37-41-66(42-38-64)80-68(74)34-32-30-28-26-24-22-20-18-16-14-12-10-8-6-4-2/h11-14,17-20,35-42,61-62H,3-10,15-16,21-34,43-60H2,1-2H3/b13-11-,14-12-,19-17-,20-18-. The van der Waals surface area contributed by atoms with Gasteiger partial charge < -0.3 is 28.7 Å². The molecule has 2 heterocycles. The van der Waals surface area contributed by atoms with Crippen molar-refractivity contribution in [1.29, 1.82) is 0 Å². The number of rotatable bonds is 47. The van der Waals surface area contributed by atoms with E-state index >= 15 is 0 Å². The number of carbonyl (C=O) groups is 4. The molecule has 458 valence electrons. The lowest BCUT2D eigenvalue weighted by molar-refractivity contribution is -0.144. The number of unbranched alkanes of at least 4 members (excludes halogenated alkanes) is 16. The van der Waals surface area contributed by atoms with Crippen LogP contribution < -0.4 is 9.47 Å². The van der Waals surface area contributed by atoms with E-state index < -0.39 is 0 Å². The molecule has 10 nitrogen and oxygen atoms in total. The number of piperidine rings is 2. The van der Waals surface area contributed by atoms with Gasteiger partial charge in [0.2, 0.25) is 0 Å². The average molecular weight is 1170 g/mol. The van der Waals surface area contributed by atoms with Crippen LogP contribution in [0.15, 0.2) is 97.1 Å². The fourth-order valence-corrected chi connectivity index (χ4v) is 12.5. The Kier molecular flexibility index (Phi) is 41.3. The van der Waals surface area contributed by atoms with Gasteiger partial charge in [-0.15, -0.1) is 0 Å². The number of benzene rings is 2. The lowest BCUT2D eigenvalue weighted by atomic mass is 9.94. The molecule has 12 heteroatoms. The Labute approximate surface area is 505 Å². The molecule has 0 radical (unpaired) electrons. The Balaban J connectivity index is 0.888. The summed E-state index contributed by atoms with van der Waals surface area (Å²) in [5, 5.41) is 0. The number of hydrogen-bond donors (Lipinski definition) is 0. The van der Waals surface area contributed by atoms with Gasteiger partial charge in [0.25, 0.3) is 0 Å². The highest BCUT2D eigenvalue weighted by atomic mass is 33.1. The molecular weight excluding hydrogens is 1060 g/mol. The second-order valence-corrected chi connectivity index (χ2v) is 25.5. The first kappa shape index (κ1) is 70.4. The maximum absolute atomic E-state index is 12.6. The van der Waals surface area contributed by atoms with Crippen molar-refractivity contribution in [3.63, 3.8) is 0 Å². The molecular formula is C70H108N2O8S2. The van der Waals surface area contributed by atoms with Crippen LogP contribution in [0.4, 0.5) is 0 Å². The number of hydrogen-bond acceptors (Lipinski definition) is 12. The van der Waals surface area contributed by atoms with Crippen molar-refractivity contribution in [3.05, 3.63) is 108 Å². The third-order valence-corrected chi connectivity index (χ3v) is 18.1. The summed E-state index contributed by atoms with van der Waals surface area (Å²) in [5.74, 6) is 3.65. The van der Waals surface area contributed by atoms with E-state index in [9.17, 15) is 19.2 Å². The number of carbonyl (C=O) groups excluding carboxylic acids is 4. The van der Waals surface area contributed by atoms with Gasteiger partial charge in [-0.1, -0.05) is 173 Å². The van der Waals surface area contributed by atoms with Crippen LogP contribution in [0.5, 0.6) is 11.5 Å². The largest absolute Gasteiger partial charge is 0.465 e. The predicted octanol–water partition coefficient (Wildman–Crippen LogP) is 17.6. The molecule has 0 unspecified atom stereocenters. The number of allylic oxidation sites excluding steroid dienone is 8. The topological polar surface area (TPSA) is 112 Å². The first-order valence-corrected chi connectivity index (χ1v) is 35.0. The SMILES string of the molecule is CCCCC/C=C\C/C=C\CCCCCCCC(=O)Oc1ccc(CC(=O)OCCC2CCN(CCSSCCN3CCC(CCOC(=O)Cc4ccc(OC(=O)CCCCCCC/C=C\C/C=C\CCCCC)cc4)CC3)CC2)cc1. The molecule has 2 aliphatic rings. The van der Waals surface area contributed by atoms with Crippen LogP contribution in [0.3, 0.4) is 0 Å². The van der Waals surface area contributed by atoms with Crippen molar-refractivity contribution in [2.24, 2.45) is 11.8 Å². The summed E-state index contributed by atoms with van der Waals surface area (Å²) in [6.07, 6.45) is 51.3. The normalized spacial score (nSPS) is 14.9. The average Bonchev–Trinajstić information content (AvgIpc) is 3.49. The Morgan fingerprint density at radius 1 is 0.439 bits per heavy atom. The Hall–Kier alpha value is -4.10. The molecule has 2 aromatic rings. The van der Waals surface area contributed by atoms with Gasteiger partial charge in [-0.05, 0) is 189 Å². The minimum atomic E-state index is -0.214. The molecule has 2 aliphatic heterocycles. The lowest BCUT2D eigenvalue weighted by Gasteiger charge is -2.32. The highest BCUT2D eigenvalue weighted by molar-refractivity contribution is 8.76. The Morgan fingerprint density at radius 2 is 0.780 bits per heavy atom. The maximum Gasteiger partial charge on any atom is 0.311 e. The lowest BCUT2D eigenvalue weighted by Crippen LogP contribution is -2.36. The Bertz CT molecular complexity index is 1930. The van der Waals surface area contributed by atoms with E-state index in [1.54, 1.807) is 24.3 Å². The van der Waals surface area contributed by atoms with Crippen molar-refractivity contribution in [3.8, 4) is 11.5 Å². The van der Waals surface area contributed by atoms with E-state index in [-0.39, 0.29) is 36.7 Å². The van der Waals surface area contributed by atoms with Crippen molar-refractivity contribution in [2.45, 2.75) is 219 Å². The van der Waals surface area contributed by atoms with Crippen LogP contribution in [0, 0.1) is 11.8 Å². The quantitative estimate of drug-likeness (QED) is 0.0207. The van der Waals surface area contributed by atoms with Gasteiger partial charge in [0.15, 0.2) is 0 Å². The van der Waals surface area contributed by atoms with E-state index in [4.69, 9.17) is 18.9 Å². The fraction of sp³-hybridized carbons (Fsp3) is 0.657. The molecule has 2 fully saturated rings. The molecule has 0 spiro atoms. The van der Waals surface area contributed by atoms with Crippen LogP contribution in [0.1, 0.15) is 218 Å². The summed E-state index contributed by atoms with van der Waals surface area (Å²) in [6.45, 7) is 12.1. The summed E-state index contributed by atoms with van der Waals surface area (Å²) in [6, 6.07) is 14.4. The highest BCUT2D eigenvalue weighted by Crippen LogP contribution is 2.27. The van der Waals surface area contributed by atoms with Gasteiger partial charge in [-0.3, -0.25) is 19.2 Å². The fourth-order valence-electron chi connectivity index (χ4n) is 10.4. The minimum absolute atomic E-state index is 0.203. The van der Waals surface area contributed by atoms with E-state index in [0.29, 0.717) is 49.4 Å². The molecule has 0 atom stereocenters. The Morgan fingerprint density at radius 3 is 1.15 bits per heavy atom. The summed E-state index contributed by atoms with van der Waals surface area (Å²) < 4.78 is 22.4. The summed E-state index contributed by atoms with van der Waals surface area (Å²) >= 11 is 0. The van der Waals surface area contributed by atoms with E-state index in [2.05, 4.69) is 72.3 Å². The van der Waals surface area contributed by atoms with E-state index in [1.807, 2.05) is 45.9 Å². The first-order chi connectivity index (χ1) is 40.3. The highest BCUT2D eigenvalue weighted by Gasteiger charge is 2.21. The van der Waals surface area contributed by atoms with Gasteiger partial charge in [0.1, 0.15) is 11.5 Å². The number of esters is 4. The van der Waals surface area contributed by atoms with Crippen molar-refractivity contribution in [1.82, 2.24) is 9.80 Å². The van der Waals surface area contributed by atoms with Gasteiger partial charge in [0.05, 0.1) is 26.1 Å². The van der Waals surface area contributed by atoms with Crippen LogP contribution in [-0.4, -0.2) is 97.7 Å². The van der Waals surface area contributed by atoms with Gasteiger partial charge in [0, 0.05) is 37.4 Å². The molecule has 82 heavy (non-hydrogen) atoms. The van der Waals surface area contributed by atoms with Gasteiger partial charge >= 0.3 is 23.9 Å². The molecule has 0 amide bonds. The smallest absolute Gasteiger partial charge is 0.311 e. The first-order valence-electron chi connectivity index (χ1n) is 32.5. The van der Waals surface area contributed by atoms with Crippen molar-refractivity contribution >= 4 is 45.5 Å². The zero-order valence-electron chi connectivity index (χ0n) is 51.1. The maximum atomic E-state index is 12.6. The third kappa shape index (κ3) is 37.3. The molecule has 0 aliphatic carbocycles. The van der Waals surface area contributed by atoms with Gasteiger partial charge in [-0.2, -0.15) is 0 Å². The zero-order chi connectivity index (χ0) is 58.2. The van der Waals surface area contributed by atoms with Crippen molar-refractivity contribution in [2.75, 3.05) is 64.0 Å². The molecule has 2 saturated heterocycles. The molecule has 2 aromatic carbocycles. The van der Waals surface area contributed by atoms with Gasteiger partial charge in [-0.25, -0.2) is 0 Å². The molecule has 0 N–H and O–H groups in total. The zero-order valence-corrected chi connectivity index (χ0v) is 52.7. The van der Waals surface area contributed by atoms with Crippen LogP contribution in [-0.2, 0) is 41.5 Å². The third-order valence-electron chi connectivity index (χ3n) is 15.7. The number of likely N-dealkylation sites (tertiary alicyclic amines) is 2. The minimum Gasteiger partial charge on any atom is -0.465 e. The van der Waals surface area contributed by atoms with Crippen LogP contribution >= 0.6 is 21.6 Å². The second kappa shape index (κ2) is 48.2. The summed E-state index contributed by atoms with van der Waals surface area (Å²) in [5.41, 5.74) is 1.71. The van der Waals surface area contributed by atoms with Crippen LogP contribution in [0.2, 0.25) is 0 Å². The summed E-state index contributed by atoms with van der Waals surface area (Å²) in [4.78, 5) is 55.2. The van der Waals surface area contributed by atoms with Crippen molar-refractivity contribution < 1.29 is 38.1 Å². The van der Waals surface area contributed by atoms with Crippen LogP contribution in [0.25, 0.3) is 0 Å². The number of nitrogens with zero attached hydrogens (tertiary/aromatic N) is 2. The number of ether oxygens (including phenoxy) is 4. The molecule has 0 bridgehead atoms. The van der Waals surface area contributed by atoms with E-state index in [0.717, 1.165) is 165 Å². The monoisotopic (exact) mass is 1170 g/mol. The second-order valence-electron chi connectivity index (χ2n) is 22.8. The van der Waals surface area contributed by atoms with E-state index in [1.165, 1.54) is 77.0 Å². The molecule has 4 rings (SSSR count). The molecule has 0 saturated carbocycles. The predicted molar refractivity (Wildman–Crippen MR) is 345 cm³/mol. The summed E-state index contributed by atoms with van der Waals surface area (Å²) in [7, 11) is 3.97.